The predicted molar refractivity (Wildman–Crippen MR) is 74.1 cm³/mol. The Bertz CT molecular complexity index is 478. The summed E-state index contributed by atoms with van der Waals surface area (Å²) in [5, 5.41) is 12.4. The van der Waals surface area contributed by atoms with Gasteiger partial charge in [-0.25, -0.2) is 0 Å². The number of aromatic hydroxyl groups is 1. The lowest BCUT2D eigenvalue weighted by molar-refractivity contribution is 0.0943. The summed E-state index contributed by atoms with van der Waals surface area (Å²) in [6.07, 6.45) is 5.37. The Kier molecular flexibility index (Phi) is 3.21. The zero-order valence-electron chi connectivity index (χ0n) is 11.4. The molecule has 0 radical (unpaired) electrons. The van der Waals surface area contributed by atoms with E-state index in [0.29, 0.717) is 11.5 Å². The number of phenolic OH excluding ortho intramolecular Hbond substituents is 1. The van der Waals surface area contributed by atoms with Crippen molar-refractivity contribution in [1.82, 2.24) is 5.32 Å². The lowest BCUT2D eigenvalue weighted by Gasteiger charge is -2.16. The van der Waals surface area contributed by atoms with Crippen molar-refractivity contribution in [3.63, 3.8) is 0 Å². The van der Waals surface area contributed by atoms with Crippen molar-refractivity contribution in [3.8, 4) is 5.75 Å². The van der Waals surface area contributed by atoms with Crippen LogP contribution in [0.3, 0.4) is 0 Å². The first-order valence-corrected chi connectivity index (χ1v) is 7.23. The predicted octanol–water partition coefficient (Wildman–Crippen LogP) is 2.87. The second-order valence-corrected chi connectivity index (χ2v) is 6.05. The van der Waals surface area contributed by atoms with Gasteiger partial charge in [0.25, 0.3) is 5.91 Å². The molecule has 2 saturated carbocycles. The molecule has 3 rings (SSSR count). The number of benzene rings is 1. The van der Waals surface area contributed by atoms with Gasteiger partial charge < -0.3 is 10.4 Å². The molecule has 102 valence electrons. The van der Waals surface area contributed by atoms with Crippen molar-refractivity contribution in [1.29, 1.82) is 0 Å². The van der Waals surface area contributed by atoms with E-state index >= 15 is 0 Å². The lowest BCUT2D eigenvalue weighted by atomic mass is 9.97. The van der Waals surface area contributed by atoms with Gasteiger partial charge in [-0.05, 0) is 74.1 Å². The second kappa shape index (κ2) is 4.87. The molecule has 1 aromatic carbocycles. The van der Waals surface area contributed by atoms with Crippen molar-refractivity contribution in [2.75, 3.05) is 6.54 Å². The summed E-state index contributed by atoms with van der Waals surface area (Å²) in [4.78, 5) is 12.2. The van der Waals surface area contributed by atoms with Gasteiger partial charge in [-0.2, -0.15) is 0 Å². The largest absolute Gasteiger partial charge is 0.508 e. The normalized spacial score (nSPS) is 18.6. The van der Waals surface area contributed by atoms with Crippen molar-refractivity contribution in [2.24, 2.45) is 17.8 Å². The molecule has 2 fully saturated rings. The van der Waals surface area contributed by atoms with Crippen LogP contribution in [0.25, 0.3) is 0 Å². The van der Waals surface area contributed by atoms with Crippen LogP contribution in [0.4, 0.5) is 0 Å². The molecule has 0 aliphatic heterocycles. The maximum atomic E-state index is 12.2. The van der Waals surface area contributed by atoms with Gasteiger partial charge in [-0.1, -0.05) is 0 Å². The first-order valence-electron chi connectivity index (χ1n) is 7.23. The number of amides is 1. The highest BCUT2D eigenvalue weighted by molar-refractivity contribution is 5.95. The molecule has 0 heterocycles. The molecule has 0 unspecified atom stereocenters. The standard InChI is InChI=1S/C16H21NO2/c1-10-8-13(18)6-7-14(10)16(19)17-9-15(11-2-3-11)12-4-5-12/h6-8,11-12,15,18H,2-5,9H2,1H3,(H,17,19). The van der Waals surface area contributed by atoms with Gasteiger partial charge in [0, 0.05) is 12.1 Å². The Labute approximate surface area is 114 Å². The molecule has 1 amide bonds. The number of carbonyl (C=O) groups excluding carboxylic acids is 1. The molecule has 3 heteroatoms. The van der Waals surface area contributed by atoms with E-state index in [-0.39, 0.29) is 11.7 Å². The van der Waals surface area contributed by atoms with Crippen molar-refractivity contribution in [3.05, 3.63) is 29.3 Å². The molecule has 2 N–H and O–H groups in total. The second-order valence-electron chi connectivity index (χ2n) is 6.05. The molecule has 2 aliphatic carbocycles. The topological polar surface area (TPSA) is 49.3 Å². The lowest BCUT2D eigenvalue weighted by Crippen LogP contribution is -2.31. The summed E-state index contributed by atoms with van der Waals surface area (Å²) in [6.45, 7) is 2.67. The minimum atomic E-state index is -0.0104. The molecule has 1 aromatic rings. The summed E-state index contributed by atoms with van der Waals surface area (Å²) in [6, 6.07) is 4.90. The fraction of sp³-hybridized carbons (Fsp3) is 0.562. The number of rotatable bonds is 5. The van der Waals surface area contributed by atoms with Gasteiger partial charge >= 0.3 is 0 Å². The molecule has 0 bridgehead atoms. The Morgan fingerprint density at radius 1 is 1.32 bits per heavy atom. The van der Waals surface area contributed by atoms with Crippen LogP contribution in [0.5, 0.6) is 5.75 Å². The molecule has 2 aliphatic rings. The maximum absolute atomic E-state index is 12.2. The van der Waals surface area contributed by atoms with Crippen LogP contribution >= 0.6 is 0 Å². The van der Waals surface area contributed by atoms with E-state index < -0.39 is 0 Å². The maximum Gasteiger partial charge on any atom is 0.251 e. The fourth-order valence-corrected chi connectivity index (χ4v) is 2.98. The van der Waals surface area contributed by atoms with Gasteiger partial charge in [0.1, 0.15) is 5.75 Å². The van der Waals surface area contributed by atoms with E-state index in [2.05, 4.69) is 5.32 Å². The molecule has 0 saturated heterocycles. The third kappa shape index (κ3) is 2.91. The number of nitrogens with one attached hydrogen (secondary N) is 1. The monoisotopic (exact) mass is 259 g/mol. The van der Waals surface area contributed by atoms with E-state index in [0.717, 1.165) is 23.9 Å². The van der Waals surface area contributed by atoms with E-state index in [1.807, 2.05) is 6.92 Å². The summed E-state index contributed by atoms with van der Waals surface area (Å²) < 4.78 is 0. The Hall–Kier alpha value is -1.51. The zero-order valence-corrected chi connectivity index (χ0v) is 11.4. The number of phenols is 1. The van der Waals surface area contributed by atoms with Crippen LogP contribution in [0, 0.1) is 24.7 Å². The summed E-state index contributed by atoms with van der Waals surface area (Å²) >= 11 is 0. The van der Waals surface area contributed by atoms with E-state index in [9.17, 15) is 9.90 Å². The Morgan fingerprint density at radius 3 is 2.47 bits per heavy atom. The van der Waals surface area contributed by atoms with Crippen LogP contribution in [-0.2, 0) is 0 Å². The van der Waals surface area contributed by atoms with Crippen LogP contribution < -0.4 is 5.32 Å². The van der Waals surface area contributed by atoms with Crippen LogP contribution in [0.15, 0.2) is 18.2 Å². The molecule has 19 heavy (non-hydrogen) atoms. The van der Waals surface area contributed by atoms with Gasteiger partial charge in [0.2, 0.25) is 0 Å². The third-order valence-corrected chi connectivity index (χ3v) is 4.41. The van der Waals surface area contributed by atoms with Gasteiger partial charge in [0.15, 0.2) is 0 Å². The summed E-state index contributed by atoms with van der Waals surface area (Å²) in [5.74, 6) is 2.61. The minimum absolute atomic E-state index is 0.0104. The number of carbonyl (C=O) groups is 1. The van der Waals surface area contributed by atoms with E-state index in [1.54, 1.807) is 18.2 Å². The highest BCUT2D eigenvalue weighted by atomic mass is 16.3. The average molecular weight is 259 g/mol. The smallest absolute Gasteiger partial charge is 0.251 e. The molecule has 3 nitrogen and oxygen atoms in total. The first kappa shape index (κ1) is 12.5. The molecular weight excluding hydrogens is 238 g/mol. The Balaban J connectivity index is 1.61. The minimum Gasteiger partial charge on any atom is -0.508 e. The quantitative estimate of drug-likeness (QED) is 0.854. The van der Waals surface area contributed by atoms with E-state index in [1.165, 1.54) is 25.7 Å². The molecule has 0 atom stereocenters. The third-order valence-electron chi connectivity index (χ3n) is 4.41. The van der Waals surface area contributed by atoms with E-state index in [4.69, 9.17) is 0 Å². The summed E-state index contributed by atoms with van der Waals surface area (Å²) in [5.41, 5.74) is 1.50. The van der Waals surface area contributed by atoms with Crippen molar-refractivity contribution >= 4 is 5.91 Å². The Morgan fingerprint density at radius 2 is 1.95 bits per heavy atom. The highest BCUT2D eigenvalue weighted by Gasteiger charge is 2.41. The SMILES string of the molecule is Cc1cc(O)ccc1C(=O)NCC(C1CC1)C1CC1. The number of hydrogen-bond donors (Lipinski definition) is 2. The van der Waals surface area contributed by atoms with Crippen molar-refractivity contribution in [2.45, 2.75) is 32.6 Å². The fourth-order valence-electron chi connectivity index (χ4n) is 2.98. The molecule has 0 aromatic heterocycles. The molecular formula is C16H21NO2. The number of aryl methyl sites for hydroxylation is 1. The average Bonchev–Trinajstić information content (AvgIpc) is 3.23. The molecule has 0 spiro atoms. The zero-order chi connectivity index (χ0) is 13.4. The van der Waals surface area contributed by atoms with Crippen LogP contribution in [-0.4, -0.2) is 17.6 Å². The van der Waals surface area contributed by atoms with Gasteiger partial charge in [0.05, 0.1) is 0 Å². The van der Waals surface area contributed by atoms with Gasteiger partial charge in [-0.15, -0.1) is 0 Å². The van der Waals surface area contributed by atoms with Crippen molar-refractivity contribution < 1.29 is 9.90 Å². The first-order chi connectivity index (χ1) is 9.15. The number of hydrogen-bond acceptors (Lipinski definition) is 2. The highest BCUT2D eigenvalue weighted by Crippen LogP contribution is 2.48. The van der Waals surface area contributed by atoms with Crippen LogP contribution in [0.1, 0.15) is 41.6 Å². The summed E-state index contributed by atoms with van der Waals surface area (Å²) in [7, 11) is 0. The van der Waals surface area contributed by atoms with Crippen LogP contribution in [0.2, 0.25) is 0 Å². The van der Waals surface area contributed by atoms with Gasteiger partial charge in [-0.3, -0.25) is 4.79 Å².